The Bertz CT molecular complexity index is 542. The summed E-state index contributed by atoms with van der Waals surface area (Å²) in [6.07, 6.45) is -0.990. The number of nitrogens with zero attached hydrogens (tertiary/aromatic N) is 1. The van der Waals surface area contributed by atoms with Crippen LogP contribution >= 0.6 is 0 Å². The predicted octanol–water partition coefficient (Wildman–Crippen LogP) is 1.76. The standard InChI is InChI=1S/C17H26N2O4/c1-17(2,3)23-16(21)19-10-14(15(20)11-19)18-9-12-6-5-7-13(8-12)22-4/h5-8,14-15,18,20H,9-11H2,1-4H3/t14-,15-/m1/s1. The van der Waals surface area contributed by atoms with Gasteiger partial charge in [0.2, 0.25) is 0 Å². The van der Waals surface area contributed by atoms with Crippen LogP contribution < -0.4 is 10.1 Å². The van der Waals surface area contributed by atoms with Crippen molar-refractivity contribution in [2.45, 2.75) is 45.1 Å². The topological polar surface area (TPSA) is 71.0 Å². The largest absolute Gasteiger partial charge is 0.497 e. The molecule has 0 aliphatic carbocycles. The van der Waals surface area contributed by atoms with E-state index in [2.05, 4.69) is 5.32 Å². The van der Waals surface area contributed by atoms with E-state index in [-0.39, 0.29) is 18.7 Å². The maximum Gasteiger partial charge on any atom is 0.410 e. The first-order valence-corrected chi connectivity index (χ1v) is 7.81. The highest BCUT2D eigenvalue weighted by molar-refractivity contribution is 5.68. The van der Waals surface area contributed by atoms with Gasteiger partial charge in [-0.2, -0.15) is 0 Å². The second-order valence-electron chi connectivity index (χ2n) is 6.79. The number of carbonyl (C=O) groups excluding carboxylic acids is 1. The van der Waals surface area contributed by atoms with Crippen LogP contribution in [0.2, 0.25) is 0 Å². The second kappa shape index (κ2) is 7.19. The molecule has 1 heterocycles. The van der Waals surface area contributed by atoms with E-state index in [1.165, 1.54) is 0 Å². The van der Waals surface area contributed by atoms with Crippen LogP contribution in [0, 0.1) is 0 Å². The van der Waals surface area contributed by atoms with Crippen LogP contribution in [0.4, 0.5) is 4.79 Å². The molecule has 6 nitrogen and oxygen atoms in total. The molecule has 128 valence electrons. The molecule has 1 saturated heterocycles. The first-order chi connectivity index (χ1) is 10.8. The summed E-state index contributed by atoms with van der Waals surface area (Å²) in [7, 11) is 1.63. The van der Waals surface area contributed by atoms with Crippen molar-refractivity contribution in [2.24, 2.45) is 0 Å². The fourth-order valence-electron chi connectivity index (χ4n) is 2.49. The number of hydrogen-bond acceptors (Lipinski definition) is 5. The van der Waals surface area contributed by atoms with Crippen molar-refractivity contribution in [3.63, 3.8) is 0 Å². The Morgan fingerprint density at radius 3 is 2.78 bits per heavy atom. The SMILES string of the molecule is COc1cccc(CN[C@@H]2CN(C(=O)OC(C)(C)C)C[C@H]2O)c1. The van der Waals surface area contributed by atoms with Crippen molar-refractivity contribution >= 4 is 6.09 Å². The third-order valence-electron chi connectivity index (χ3n) is 3.64. The quantitative estimate of drug-likeness (QED) is 0.884. The molecule has 23 heavy (non-hydrogen) atoms. The van der Waals surface area contributed by atoms with E-state index < -0.39 is 11.7 Å². The molecule has 2 rings (SSSR count). The van der Waals surface area contributed by atoms with Gasteiger partial charge < -0.3 is 24.8 Å². The van der Waals surface area contributed by atoms with Crippen molar-refractivity contribution in [3.8, 4) is 5.75 Å². The van der Waals surface area contributed by atoms with Crippen LogP contribution in [0.15, 0.2) is 24.3 Å². The Hall–Kier alpha value is -1.79. The molecule has 2 N–H and O–H groups in total. The molecule has 0 bridgehead atoms. The Balaban J connectivity index is 1.88. The van der Waals surface area contributed by atoms with Crippen LogP contribution in [0.25, 0.3) is 0 Å². The first kappa shape index (κ1) is 17.6. The Kier molecular flexibility index (Phi) is 5.49. The minimum atomic E-state index is -0.604. The molecule has 1 amide bonds. The fourth-order valence-corrected chi connectivity index (χ4v) is 2.49. The molecule has 0 saturated carbocycles. The summed E-state index contributed by atoms with van der Waals surface area (Å²) in [5.74, 6) is 0.798. The van der Waals surface area contributed by atoms with Gasteiger partial charge in [-0.05, 0) is 38.5 Å². The van der Waals surface area contributed by atoms with E-state index in [0.29, 0.717) is 13.1 Å². The van der Waals surface area contributed by atoms with Crippen molar-refractivity contribution in [2.75, 3.05) is 20.2 Å². The molecular weight excluding hydrogens is 296 g/mol. The number of hydrogen-bond donors (Lipinski definition) is 2. The van der Waals surface area contributed by atoms with E-state index in [0.717, 1.165) is 11.3 Å². The Morgan fingerprint density at radius 1 is 1.39 bits per heavy atom. The maximum atomic E-state index is 12.1. The summed E-state index contributed by atoms with van der Waals surface area (Å²) in [4.78, 5) is 13.6. The number of methoxy groups -OCH3 is 1. The molecule has 1 aromatic rings. The molecule has 6 heteroatoms. The van der Waals surface area contributed by atoms with E-state index in [1.807, 2.05) is 45.0 Å². The van der Waals surface area contributed by atoms with Crippen LogP contribution in [-0.4, -0.2) is 54.0 Å². The molecule has 2 atom stereocenters. The normalized spacial score (nSPS) is 21.3. The van der Waals surface area contributed by atoms with Crippen molar-refractivity contribution in [1.29, 1.82) is 0 Å². The molecule has 1 aliphatic heterocycles. The van der Waals surface area contributed by atoms with E-state index in [1.54, 1.807) is 12.0 Å². The number of benzene rings is 1. The van der Waals surface area contributed by atoms with Gasteiger partial charge in [0.1, 0.15) is 11.4 Å². The average molecular weight is 322 g/mol. The lowest BCUT2D eigenvalue weighted by Crippen LogP contribution is -2.39. The average Bonchev–Trinajstić information content (AvgIpc) is 2.85. The molecule has 0 unspecified atom stereocenters. The summed E-state index contributed by atoms with van der Waals surface area (Å²) >= 11 is 0. The van der Waals surface area contributed by atoms with Crippen molar-refractivity contribution in [1.82, 2.24) is 10.2 Å². The Morgan fingerprint density at radius 2 is 2.13 bits per heavy atom. The van der Waals surface area contributed by atoms with Gasteiger partial charge in [-0.15, -0.1) is 0 Å². The van der Waals surface area contributed by atoms with Crippen molar-refractivity contribution < 1.29 is 19.4 Å². The van der Waals surface area contributed by atoms with Crippen LogP contribution in [0.3, 0.4) is 0 Å². The zero-order chi connectivity index (χ0) is 17.0. The van der Waals surface area contributed by atoms with Gasteiger partial charge in [0.25, 0.3) is 0 Å². The lowest BCUT2D eigenvalue weighted by molar-refractivity contribution is 0.0270. The van der Waals surface area contributed by atoms with Gasteiger partial charge in [0.05, 0.1) is 25.8 Å². The van der Waals surface area contributed by atoms with Crippen LogP contribution in [-0.2, 0) is 11.3 Å². The molecular formula is C17H26N2O4. The zero-order valence-corrected chi connectivity index (χ0v) is 14.2. The summed E-state index contributed by atoms with van der Waals surface area (Å²) in [6, 6.07) is 7.57. The number of nitrogens with one attached hydrogen (secondary N) is 1. The van der Waals surface area contributed by atoms with Crippen molar-refractivity contribution in [3.05, 3.63) is 29.8 Å². The van der Waals surface area contributed by atoms with Crippen LogP contribution in [0.5, 0.6) is 5.75 Å². The molecule has 0 radical (unpaired) electrons. The van der Waals surface area contributed by atoms with Gasteiger partial charge in [-0.3, -0.25) is 0 Å². The summed E-state index contributed by atoms with van der Waals surface area (Å²) in [5, 5.41) is 13.4. The van der Waals surface area contributed by atoms with Gasteiger partial charge in [-0.1, -0.05) is 12.1 Å². The zero-order valence-electron chi connectivity index (χ0n) is 14.2. The molecule has 1 aromatic carbocycles. The summed E-state index contributed by atoms with van der Waals surface area (Å²) < 4.78 is 10.5. The number of likely N-dealkylation sites (tertiary alicyclic amines) is 1. The summed E-state index contributed by atoms with van der Waals surface area (Å²) in [6.45, 7) is 6.80. The minimum Gasteiger partial charge on any atom is -0.497 e. The highest BCUT2D eigenvalue weighted by Crippen LogP contribution is 2.17. The fraction of sp³-hybridized carbons (Fsp3) is 0.588. The van der Waals surface area contributed by atoms with Crippen LogP contribution in [0.1, 0.15) is 26.3 Å². The van der Waals surface area contributed by atoms with E-state index in [4.69, 9.17) is 9.47 Å². The predicted molar refractivity (Wildman–Crippen MR) is 87.4 cm³/mol. The second-order valence-corrected chi connectivity index (χ2v) is 6.79. The minimum absolute atomic E-state index is 0.172. The number of rotatable bonds is 4. The number of β-amino-alcohol motifs (C(OH)–C–C–N with tert-alkyl or cyclic N) is 1. The lowest BCUT2D eigenvalue weighted by atomic mass is 10.1. The number of ether oxygens (including phenoxy) is 2. The van der Waals surface area contributed by atoms with Gasteiger partial charge in [-0.25, -0.2) is 4.79 Å². The lowest BCUT2D eigenvalue weighted by Gasteiger charge is -2.24. The highest BCUT2D eigenvalue weighted by atomic mass is 16.6. The number of carbonyl (C=O) groups is 1. The monoisotopic (exact) mass is 322 g/mol. The first-order valence-electron chi connectivity index (χ1n) is 7.81. The third kappa shape index (κ3) is 5.11. The highest BCUT2D eigenvalue weighted by Gasteiger charge is 2.35. The number of aliphatic hydroxyl groups is 1. The van der Waals surface area contributed by atoms with Gasteiger partial charge in [0, 0.05) is 13.1 Å². The van der Waals surface area contributed by atoms with Gasteiger partial charge in [0.15, 0.2) is 0 Å². The smallest absolute Gasteiger partial charge is 0.410 e. The molecule has 0 spiro atoms. The number of aliphatic hydroxyl groups excluding tert-OH is 1. The third-order valence-corrected chi connectivity index (χ3v) is 3.64. The summed E-state index contributed by atoms with van der Waals surface area (Å²) in [5.41, 5.74) is 0.529. The molecule has 1 fully saturated rings. The maximum absolute atomic E-state index is 12.1. The van der Waals surface area contributed by atoms with E-state index >= 15 is 0 Å². The molecule has 0 aromatic heterocycles. The van der Waals surface area contributed by atoms with Gasteiger partial charge >= 0.3 is 6.09 Å². The number of amides is 1. The van der Waals surface area contributed by atoms with E-state index in [9.17, 15) is 9.90 Å². The molecule has 1 aliphatic rings. The Labute approximate surface area is 137 Å².